The summed E-state index contributed by atoms with van der Waals surface area (Å²) in [5.74, 6) is 0.670. The Morgan fingerprint density at radius 1 is 1.35 bits per heavy atom. The molecule has 0 unspecified atom stereocenters. The quantitative estimate of drug-likeness (QED) is 0.778. The normalized spacial score (nSPS) is 12.6. The summed E-state index contributed by atoms with van der Waals surface area (Å²) in [4.78, 5) is 29.6. The number of hydrogen-bond acceptors (Lipinski definition) is 6. The van der Waals surface area contributed by atoms with Gasteiger partial charge < -0.3 is 14.8 Å². The molecule has 0 radical (unpaired) electrons. The third kappa shape index (κ3) is 2.23. The van der Waals surface area contributed by atoms with E-state index >= 15 is 0 Å². The average molecular weight is 329 g/mol. The summed E-state index contributed by atoms with van der Waals surface area (Å²) >= 11 is 1.36. The van der Waals surface area contributed by atoms with Crippen LogP contribution >= 0.6 is 11.3 Å². The predicted octanol–water partition coefficient (Wildman–Crippen LogP) is 2.05. The Labute approximate surface area is 134 Å². The van der Waals surface area contributed by atoms with E-state index in [9.17, 15) is 9.59 Å². The summed E-state index contributed by atoms with van der Waals surface area (Å²) in [5.41, 5.74) is 0.875. The van der Waals surface area contributed by atoms with Crippen molar-refractivity contribution in [2.75, 3.05) is 12.1 Å². The molecule has 1 amide bonds. The summed E-state index contributed by atoms with van der Waals surface area (Å²) in [6.45, 7) is 1.96. The van der Waals surface area contributed by atoms with E-state index in [0.29, 0.717) is 22.1 Å². The van der Waals surface area contributed by atoms with Crippen LogP contribution in [0.15, 0.2) is 34.6 Å². The van der Waals surface area contributed by atoms with Crippen molar-refractivity contribution in [1.82, 2.24) is 9.38 Å². The number of aryl methyl sites for hydroxylation is 1. The third-order valence-corrected chi connectivity index (χ3v) is 4.45. The number of anilines is 1. The minimum atomic E-state index is -0.513. The molecule has 2 aromatic heterocycles. The van der Waals surface area contributed by atoms with Crippen LogP contribution in [0.4, 0.5) is 5.69 Å². The molecule has 8 heteroatoms. The van der Waals surface area contributed by atoms with Crippen LogP contribution in [0.25, 0.3) is 4.96 Å². The first-order valence-electron chi connectivity index (χ1n) is 6.80. The molecule has 0 fully saturated rings. The van der Waals surface area contributed by atoms with Crippen molar-refractivity contribution >= 4 is 27.9 Å². The Balaban J connectivity index is 1.68. The topological polar surface area (TPSA) is 81.9 Å². The zero-order valence-electron chi connectivity index (χ0n) is 12.0. The highest BCUT2D eigenvalue weighted by Gasteiger charge is 2.17. The Morgan fingerprint density at radius 2 is 2.17 bits per heavy atom. The van der Waals surface area contributed by atoms with E-state index in [2.05, 4.69) is 10.3 Å². The van der Waals surface area contributed by atoms with Crippen molar-refractivity contribution < 1.29 is 14.3 Å². The second kappa shape index (κ2) is 5.10. The number of fused-ring (bicyclic) bond motifs is 2. The van der Waals surface area contributed by atoms with Gasteiger partial charge in [0.25, 0.3) is 11.5 Å². The van der Waals surface area contributed by atoms with Crippen LogP contribution in [0, 0.1) is 6.92 Å². The first-order valence-corrected chi connectivity index (χ1v) is 7.68. The van der Waals surface area contributed by atoms with Gasteiger partial charge in [0, 0.05) is 29.0 Å². The van der Waals surface area contributed by atoms with Crippen LogP contribution in [0.5, 0.6) is 11.5 Å². The maximum Gasteiger partial charge on any atom is 0.271 e. The highest BCUT2D eigenvalue weighted by molar-refractivity contribution is 7.15. The fourth-order valence-electron chi connectivity index (χ4n) is 2.35. The number of benzene rings is 1. The fraction of sp³-hybridized carbons (Fsp3) is 0.133. The first-order chi connectivity index (χ1) is 11.1. The van der Waals surface area contributed by atoms with Crippen molar-refractivity contribution in [3.05, 3.63) is 51.4 Å². The van der Waals surface area contributed by atoms with E-state index in [-0.39, 0.29) is 17.9 Å². The van der Waals surface area contributed by atoms with Crippen LogP contribution in [0.2, 0.25) is 0 Å². The second-order valence-corrected chi connectivity index (χ2v) is 5.83. The molecule has 0 saturated carbocycles. The van der Waals surface area contributed by atoms with Crippen molar-refractivity contribution in [2.24, 2.45) is 0 Å². The zero-order chi connectivity index (χ0) is 16.0. The van der Waals surface area contributed by atoms with Crippen LogP contribution in [-0.4, -0.2) is 22.1 Å². The van der Waals surface area contributed by atoms with Gasteiger partial charge in [-0.15, -0.1) is 11.3 Å². The van der Waals surface area contributed by atoms with Gasteiger partial charge in [-0.2, -0.15) is 0 Å². The molecule has 0 aliphatic carbocycles. The number of carbonyl (C=O) groups excluding carboxylic acids is 1. The van der Waals surface area contributed by atoms with E-state index in [1.807, 2.05) is 5.38 Å². The highest BCUT2D eigenvalue weighted by Crippen LogP contribution is 2.34. The molecule has 0 atom stereocenters. The molecule has 0 bridgehead atoms. The van der Waals surface area contributed by atoms with E-state index in [1.165, 1.54) is 21.9 Å². The number of hydrogen-bond donors (Lipinski definition) is 1. The van der Waals surface area contributed by atoms with Crippen LogP contribution < -0.4 is 20.3 Å². The summed E-state index contributed by atoms with van der Waals surface area (Å²) in [5, 5.41) is 4.50. The number of rotatable bonds is 2. The smallest absolute Gasteiger partial charge is 0.271 e. The van der Waals surface area contributed by atoms with E-state index in [0.717, 1.165) is 5.69 Å². The number of nitrogens with zero attached hydrogens (tertiary/aromatic N) is 2. The van der Waals surface area contributed by atoms with Gasteiger partial charge in [-0.1, -0.05) is 0 Å². The molecule has 4 rings (SSSR count). The van der Waals surface area contributed by atoms with Gasteiger partial charge in [0.2, 0.25) is 6.79 Å². The number of ether oxygens (including phenoxy) is 2. The maximum atomic E-state index is 12.5. The number of thiazole rings is 1. The largest absolute Gasteiger partial charge is 0.454 e. The average Bonchev–Trinajstić information content (AvgIpc) is 3.14. The Hall–Kier alpha value is -2.87. The number of amides is 1. The molecule has 0 spiro atoms. The Kier molecular flexibility index (Phi) is 3.05. The van der Waals surface area contributed by atoms with E-state index < -0.39 is 5.91 Å². The molecule has 116 valence electrons. The number of aromatic nitrogens is 2. The lowest BCUT2D eigenvalue weighted by Crippen LogP contribution is -2.26. The third-order valence-electron chi connectivity index (χ3n) is 3.49. The highest BCUT2D eigenvalue weighted by atomic mass is 32.1. The first kappa shape index (κ1) is 13.8. The zero-order valence-corrected chi connectivity index (χ0v) is 12.8. The van der Waals surface area contributed by atoms with Crippen LogP contribution in [-0.2, 0) is 0 Å². The molecular weight excluding hydrogens is 318 g/mol. The maximum absolute atomic E-state index is 12.5. The van der Waals surface area contributed by atoms with Crippen molar-refractivity contribution in [1.29, 1.82) is 0 Å². The molecule has 0 saturated heterocycles. The predicted molar refractivity (Wildman–Crippen MR) is 84.6 cm³/mol. The van der Waals surface area contributed by atoms with Crippen LogP contribution in [0.1, 0.15) is 16.1 Å². The molecule has 7 nitrogen and oxygen atoms in total. The molecule has 1 aromatic carbocycles. The Bertz CT molecular complexity index is 992. The second-order valence-electron chi connectivity index (χ2n) is 4.99. The number of nitrogens with one attached hydrogen (secondary N) is 1. The lowest BCUT2D eigenvalue weighted by molar-refractivity contribution is 0.102. The number of carbonyl (C=O) groups is 1. The van der Waals surface area contributed by atoms with E-state index in [1.54, 1.807) is 25.1 Å². The molecule has 1 N–H and O–H groups in total. The molecule has 23 heavy (non-hydrogen) atoms. The molecular formula is C15H11N3O4S. The van der Waals surface area contributed by atoms with E-state index in [4.69, 9.17) is 9.47 Å². The van der Waals surface area contributed by atoms with Gasteiger partial charge in [-0.3, -0.25) is 14.0 Å². The van der Waals surface area contributed by atoms with Crippen molar-refractivity contribution in [2.45, 2.75) is 6.92 Å². The lowest BCUT2D eigenvalue weighted by atomic mass is 10.2. The summed E-state index contributed by atoms with van der Waals surface area (Å²) in [7, 11) is 0. The Morgan fingerprint density at radius 3 is 3.04 bits per heavy atom. The van der Waals surface area contributed by atoms with Gasteiger partial charge in [0.15, 0.2) is 16.5 Å². The fourth-order valence-corrected chi connectivity index (χ4v) is 3.18. The summed E-state index contributed by atoms with van der Waals surface area (Å²) in [6.07, 6.45) is 1.30. The van der Waals surface area contributed by atoms with Gasteiger partial charge in [0.05, 0.1) is 0 Å². The minimum absolute atomic E-state index is 0.0123. The standard InChI is InChI=1S/C15H11N3O4S/c1-8-6-23-15-16-5-10(14(20)18(8)15)13(19)17-9-2-3-11-12(4-9)22-7-21-11/h2-6H,7H2,1H3,(H,17,19). The van der Waals surface area contributed by atoms with Crippen LogP contribution in [0.3, 0.4) is 0 Å². The molecule has 3 heterocycles. The van der Waals surface area contributed by atoms with Crippen molar-refractivity contribution in [3.63, 3.8) is 0 Å². The van der Waals surface area contributed by atoms with Gasteiger partial charge in [-0.25, -0.2) is 4.98 Å². The molecule has 3 aromatic rings. The van der Waals surface area contributed by atoms with Crippen molar-refractivity contribution in [3.8, 4) is 11.5 Å². The SMILES string of the molecule is Cc1csc2ncc(C(=O)Nc3ccc4c(c3)OCO4)c(=O)n12. The van der Waals surface area contributed by atoms with Gasteiger partial charge in [-0.05, 0) is 19.1 Å². The van der Waals surface area contributed by atoms with Gasteiger partial charge >= 0.3 is 0 Å². The van der Waals surface area contributed by atoms with Gasteiger partial charge in [0.1, 0.15) is 5.56 Å². The summed E-state index contributed by atoms with van der Waals surface area (Å²) in [6, 6.07) is 5.04. The minimum Gasteiger partial charge on any atom is -0.454 e. The molecule has 1 aliphatic heterocycles. The summed E-state index contributed by atoms with van der Waals surface area (Å²) < 4.78 is 11.9. The lowest BCUT2D eigenvalue weighted by Gasteiger charge is -2.06. The molecule has 1 aliphatic rings. The monoisotopic (exact) mass is 329 g/mol.